The second kappa shape index (κ2) is 5.05. The zero-order chi connectivity index (χ0) is 10.6. The average molecular weight is 199 g/mol. The van der Waals surface area contributed by atoms with Crippen LogP contribution in [0.1, 0.15) is 12.5 Å². The topological polar surface area (TPSA) is 9.23 Å². The minimum absolute atomic E-state index is 0.103. The lowest BCUT2D eigenvalue weighted by atomic mass is 10.1. The summed E-state index contributed by atoms with van der Waals surface area (Å²) < 4.78 is 30.6. The van der Waals surface area contributed by atoms with Crippen LogP contribution in [-0.2, 0) is 11.2 Å². The van der Waals surface area contributed by atoms with Gasteiger partial charge in [0.25, 0.3) is 0 Å². The zero-order valence-corrected chi connectivity index (χ0v) is 8.09. The van der Waals surface area contributed by atoms with Crippen LogP contribution in [0.4, 0.5) is 8.78 Å². The normalized spacial score (nSPS) is 10.9. The third kappa shape index (κ3) is 3.83. The van der Waals surface area contributed by atoms with Crippen LogP contribution in [0.3, 0.4) is 0 Å². The first-order chi connectivity index (χ1) is 6.58. The predicted molar refractivity (Wildman–Crippen MR) is 50.8 cm³/mol. The summed E-state index contributed by atoms with van der Waals surface area (Å²) in [6.45, 7) is 5.87. The highest BCUT2D eigenvalue weighted by molar-refractivity contribution is 5.17. The van der Waals surface area contributed by atoms with E-state index in [0.717, 1.165) is 6.07 Å². The molecular formula is C11H13F2O. The number of hydrogen-bond donors (Lipinski definition) is 0. The summed E-state index contributed by atoms with van der Waals surface area (Å²) in [5.74, 6) is -1.11. The number of hydrogen-bond acceptors (Lipinski definition) is 1. The van der Waals surface area contributed by atoms with E-state index in [1.165, 1.54) is 12.1 Å². The first-order valence-corrected chi connectivity index (χ1v) is 4.47. The second-order valence-electron chi connectivity index (χ2n) is 3.21. The lowest BCUT2D eigenvalue weighted by Gasteiger charge is -2.07. The van der Waals surface area contributed by atoms with Crippen LogP contribution in [0, 0.1) is 18.6 Å². The molecule has 1 aromatic rings. The van der Waals surface area contributed by atoms with Crippen molar-refractivity contribution in [1.29, 1.82) is 0 Å². The molecular weight excluding hydrogens is 186 g/mol. The summed E-state index contributed by atoms with van der Waals surface area (Å²) in [6, 6.07) is 3.47. The molecule has 0 amide bonds. The molecule has 77 valence electrons. The van der Waals surface area contributed by atoms with E-state index in [0.29, 0.717) is 18.6 Å². The van der Waals surface area contributed by atoms with Gasteiger partial charge in [0.15, 0.2) is 0 Å². The molecule has 1 aromatic carbocycles. The summed E-state index contributed by atoms with van der Waals surface area (Å²) in [4.78, 5) is 0. The highest BCUT2D eigenvalue weighted by Gasteiger charge is 2.01. The molecule has 1 atom stereocenters. The van der Waals surface area contributed by atoms with Gasteiger partial charge in [-0.25, -0.2) is 8.78 Å². The molecule has 1 radical (unpaired) electrons. The summed E-state index contributed by atoms with van der Waals surface area (Å²) in [7, 11) is 0. The zero-order valence-electron chi connectivity index (χ0n) is 8.09. The fraction of sp³-hybridized carbons (Fsp3) is 0.364. The maximum atomic E-state index is 12.7. The molecule has 0 aliphatic carbocycles. The van der Waals surface area contributed by atoms with Gasteiger partial charge in [0.2, 0.25) is 0 Å². The molecule has 1 nitrogen and oxygen atoms in total. The second-order valence-corrected chi connectivity index (χ2v) is 3.21. The summed E-state index contributed by atoms with van der Waals surface area (Å²) in [6.07, 6.45) is 0.391. The smallest absolute Gasteiger partial charge is 0.126 e. The fourth-order valence-electron chi connectivity index (χ4n) is 1.13. The van der Waals surface area contributed by atoms with Crippen LogP contribution in [0.2, 0.25) is 0 Å². The van der Waals surface area contributed by atoms with Gasteiger partial charge < -0.3 is 4.74 Å². The Hall–Kier alpha value is -0.960. The molecule has 0 aliphatic heterocycles. The van der Waals surface area contributed by atoms with Crippen molar-refractivity contribution in [1.82, 2.24) is 0 Å². The molecule has 0 saturated carbocycles. The highest BCUT2D eigenvalue weighted by atomic mass is 19.1. The largest absolute Gasteiger partial charge is 0.378 e. The van der Waals surface area contributed by atoms with E-state index in [1.54, 1.807) is 0 Å². The van der Waals surface area contributed by atoms with Gasteiger partial charge in [0.05, 0.1) is 12.7 Å². The molecule has 0 bridgehead atoms. The van der Waals surface area contributed by atoms with E-state index in [2.05, 4.69) is 6.92 Å². The van der Waals surface area contributed by atoms with Crippen LogP contribution in [0.5, 0.6) is 0 Å². The number of halogens is 2. The van der Waals surface area contributed by atoms with Crippen molar-refractivity contribution in [2.75, 3.05) is 6.61 Å². The van der Waals surface area contributed by atoms with Gasteiger partial charge in [0.1, 0.15) is 11.6 Å². The van der Waals surface area contributed by atoms with E-state index in [-0.39, 0.29) is 6.10 Å². The number of benzene rings is 1. The summed E-state index contributed by atoms with van der Waals surface area (Å²) >= 11 is 0. The van der Waals surface area contributed by atoms with Crippen molar-refractivity contribution in [2.45, 2.75) is 19.4 Å². The van der Waals surface area contributed by atoms with Gasteiger partial charge in [-0.3, -0.25) is 0 Å². The third-order valence-corrected chi connectivity index (χ3v) is 1.72. The van der Waals surface area contributed by atoms with Crippen LogP contribution in [0.25, 0.3) is 0 Å². The molecule has 0 aliphatic rings. The Morgan fingerprint density at radius 3 is 2.36 bits per heavy atom. The number of rotatable bonds is 4. The van der Waals surface area contributed by atoms with Crippen LogP contribution >= 0.6 is 0 Å². The van der Waals surface area contributed by atoms with Gasteiger partial charge in [-0.1, -0.05) is 0 Å². The van der Waals surface area contributed by atoms with Crippen molar-refractivity contribution in [3.8, 4) is 0 Å². The minimum Gasteiger partial charge on any atom is -0.378 e. The predicted octanol–water partition coefficient (Wildman–Crippen LogP) is 2.75. The Bertz CT molecular complexity index is 277. The quantitative estimate of drug-likeness (QED) is 0.724. The molecule has 0 saturated heterocycles. The molecule has 0 N–H and O–H groups in total. The van der Waals surface area contributed by atoms with Crippen LogP contribution in [-0.4, -0.2) is 12.7 Å². The first kappa shape index (κ1) is 11.1. The molecule has 0 spiro atoms. The molecule has 1 rings (SSSR count). The van der Waals surface area contributed by atoms with Gasteiger partial charge in [-0.2, -0.15) is 0 Å². The van der Waals surface area contributed by atoms with E-state index in [9.17, 15) is 8.78 Å². The average Bonchev–Trinajstić information content (AvgIpc) is 2.01. The maximum absolute atomic E-state index is 12.7. The van der Waals surface area contributed by atoms with E-state index in [1.807, 2.05) is 6.92 Å². The SMILES string of the molecule is [CH2]C(C)OCCc1cc(F)cc(F)c1. The Kier molecular flexibility index (Phi) is 4.01. The Morgan fingerprint density at radius 2 is 1.86 bits per heavy atom. The van der Waals surface area contributed by atoms with Crippen molar-refractivity contribution < 1.29 is 13.5 Å². The fourth-order valence-corrected chi connectivity index (χ4v) is 1.13. The molecule has 0 fully saturated rings. The van der Waals surface area contributed by atoms with Gasteiger partial charge in [-0.05, 0) is 38.0 Å². The van der Waals surface area contributed by atoms with E-state index in [4.69, 9.17) is 4.74 Å². The number of ether oxygens (including phenoxy) is 1. The first-order valence-electron chi connectivity index (χ1n) is 4.47. The summed E-state index contributed by atoms with van der Waals surface area (Å²) in [5, 5.41) is 0. The lowest BCUT2D eigenvalue weighted by molar-refractivity contribution is 0.0983. The highest BCUT2D eigenvalue weighted by Crippen LogP contribution is 2.08. The van der Waals surface area contributed by atoms with Crippen molar-refractivity contribution in [2.24, 2.45) is 0 Å². The van der Waals surface area contributed by atoms with Crippen LogP contribution in [0.15, 0.2) is 18.2 Å². The van der Waals surface area contributed by atoms with Gasteiger partial charge >= 0.3 is 0 Å². The lowest BCUT2D eigenvalue weighted by Crippen LogP contribution is -2.06. The summed E-state index contributed by atoms with van der Waals surface area (Å²) in [5.41, 5.74) is 0.600. The van der Waals surface area contributed by atoms with E-state index >= 15 is 0 Å². The van der Waals surface area contributed by atoms with Crippen molar-refractivity contribution in [3.05, 3.63) is 42.3 Å². The minimum atomic E-state index is -0.553. The molecule has 0 aromatic heterocycles. The van der Waals surface area contributed by atoms with E-state index < -0.39 is 11.6 Å². The van der Waals surface area contributed by atoms with Crippen molar-refractivity contribution in [3.63, 3.8) is 0 Å². The molecule has 3 heteroatoms. The van der Waals surface area contributed by atoms with Gasteiger partial charge in [-0.15, -0.1) is 0 Å². The molecule has 0 heterocycles. The Morgan fingerprint density at radius 1 is 1.29 bits per heavy atom. The monoisotopic (exact) mass is 199 g/mol. The molecule has 14 heavy (non-hydrogen) atoms. The van der Waals surface area contributed by atoms with Crippen molar-refractivity contribution >= 4 is 0 Å². The van der Waals surface area contributed by atoms with Crippen LogP contribution < -0.4 is 0 Å². The Labute approximate surface area is 82.7 Å². The maximum Gasteiger partial charge on any atom is 0.126 e. The third-order valence-electron chi connectivity index (χ3n) is 1.72. The van der Waals surface area contributed by atoms with Gasteiger partial charge in [0, 0.05) is 6.07 Å². The standard InChI is InChI=1S/C11H13F2O/c1-8(2)14-4-3-9-5-10(12)7-11(13)6-9/h5-8H,1,3-4H2,2H3. The molecule has 1 unspecified atom stereocenters. The Balaban J connectivity index is 2.50.